The minimum absolute atomic E-state index is 0.311. The number of ether oxygens (including phenoxy) is 1. The number of fused-ring (bicyclic) bond motifs is 1. The fraction of sp³-hybridized carbons (Fsp3) is 0.235. The van der Waals surface area contributed by atoms with E-state index in [9.17, 15) is 4.79 Å². The monoisotopic (exact) mass is 394 g/mol. The molecule has 0 fully saturated rings. The Kier molecular flexibility index (Phi) is 5.73. The molecule has 0 saturated heterocycles. The van der Waals surface area contributed by atoms with E-state index in [1.54, 1.807) is 37.6 Å². The number of hydroxylamine groups is 1. The zero-order chi connectivity index (χ0) is 18.7. The Morgan fingerprint density at radius 2 is 1.96 bits per heavy atom. The SMILES string of the molecule is COCCN(OC)n1c(=O)c(-c2c(Cl)cccc2Cl)cc2cncnc21. The van der Waals surface area contributed by atoms with Gasteiger partial charge >= 0.3 is 0 Å². The van der Waals surface area contributed by atoms with Crippen molar-refractivity contribution in [2.24, 2.45) is 0 Å². The van der Waals surface area contributed by atoms with Crippen molar-refractivity contribution in [3.63, 3.8) is 0 Å². The van der Waals surface area contributed by atoms with Crippen LogP contribution in [0.4, 0.5) is 0 Å². The second-order valence-corrected chi connectivity index (χ2v) is 6.14. The third-order valence-electron chi connectivity index (χ3n) is 3.79. The highest BCUT2D eigenvalue weighted by atomic mass is 35.5. The first-order valence-electron chi connectivity index (χ1n) is 7.69. The van der Waals surface area contributed by atoms with Gasteiger partial charge < -0.3 is 4.74 Å². The molecule has 3 rings (SSSR count). The van der Waals surface area contributed by atoms with Gasteiger partial charge in [0.15, 0.2) is 5.65 Å². The summed E-state index contributed by atoms with van der Waals surface area (Å²) >= 11 is 12.6. The molecule has 136 valence electrons. The summed E-state index contributed by atoms with van der Waals surface area (Å²) in [5, 5.41) is 2.75. The van der Waals surface area contributed by atoms with Crippen molar-refractivity contribution in [1.29, 1.82) is 0 Å². The molecule has 1 aromatic carbocycles. The summed E-state index contributed by atoms with van der Waals surface area (Å²) in [4.78, 5) is 26.9. The van der Waals surface area contributed by atoms with Gasteiger partial charge in [-0.2, -0.15) is 9.85 Å². The van der Waals surface area contributed by atoms with Gasteiger partial charge in [0.1, 0.15) is 6.33 Å². The maximum atomic E-state index is 13.3. The van der Waals surface area contributed by atoms with Crippen molar-refractivity contribution in [2.45, 2.75) is 0 Å². The van der Waals surface area contributed by atoms with Crippen LogP contribution < -0.4 is 10.7 Å². The Hall–Kier alpha value is -2.19. The molecular weight excluding hydrogens is 379 g/mol. The van der Waals surface area contributed by atoms with Crippen molar-refractivity contribution in [1.82, 2.24) is 14.6 Å². The fourth-order valence-corrected chi connectivity index (χ4v) is 3.22. The van der Waals surface area contributed by atoms with Gasteiger partial charge in [0.2, 0.25) is 0 Å². The highest BCUT2D eigenvalue weighted by Crippen LogP contribution is 2.33. The zero-order valence-electron chi connectivity index (χ0n) is 14.1. The molecule has 0 radical (unpaired) electrons. The molecule has 0 amide bonds. The minimum atomic E-state index is -0.371. The van der Waals surface area contributed by atoms with Crippen LogP contribution >= 0.6 is 23.2 Å². The first-order chi connectivity index (χ1) is 12.6. The van der Waals surface area contributed by atoms with Crippen LogP contribution in [0.1, 0.15) is 0 Å². The molecule has 0 saturated carbocycles. The van der Waals surface area contributed by atoms with Crippen LogP contribution in [0, 0.1) is 0 Å². The summed E-state index contributed by atoms with van der Waals surface area (Å²) in [6.07, 6.45) is 2.97. The van der Waals surface area contributed by atoms with E-state index >= 15 is 0 Å². The third-order valence-corrected chi connectivity index (χ3v) is 4.42. The van der Waals surface area contributed by atoms with Crippen LogP contribution in [-0.2, 0) is 9.57 Å². The van der Waals surface area contributed by atoms with Crippen molar-refractivity contribution in [2.75, 3.05) is 32.5 Å². The maximum Gasteiger partial charge on any atom is 0.280 e. The Morgan fingerprint density at radius 1 is 1.23 bits per heavy atom. The van der Waals surface area contributed by atoms with Crippen LogP contribution in [-0.4, -0.2) is 42.0 Å². The molecule has 2 aromatic heterocycles. The average molecular weight is 395 g/mol. The van der Waals surface area contributed by atoms with Gasteiger partial charge in [0.25, 0.3) is 5.56 Å². The molecule has 9 heteroatoms. The number of rotatable bonds is 6. The topological polar surface area (TPSA) is 69.5 Å². The van der Waals surface area contributed by atoms with Crippen molar-refractivity contribution < 1.29 is 9.57 Å². The standard InChI is InChI=1S/C17H16Cl2N4O3/c1-25-7-6-22(26-2)23-16-11(9-20-10-21-16)8-12(17(23)24)15-13(18)4-3-5-14(15)19/h3-5,8-10H,6-7H2,1-2H3. The average Bonchev–Trinajstić information content (AvgIpc) is 2.64. The summed E-state index contributed by atoms with van der Waals surface area (Å²) in [6.45, 7) is 0.662. The predicted molar refractivity (Wildman–Crippen MR) is 101 cm³/mol. The molecule has 3 aromatic rings. The highest BCUT2D eigenvalue weighted by molar-refractivity contribution is 6.39. The smallest absolute Gasteiger partial charge is 0.280 e. The first-order valence-corrected chi connectivity index (χ1v) is 8.45. The van der Waals surface area contributed by atoms with Gasteiger partial charge in [-0.1, -0.05) is 29.3 Å². The zero-order valence-corrected chi connectivity index (χ0v) is 15.7. The summed E-state index contributed by atoms with van der Waals surface area (Å²) in [5.41, 5.74) is 0.796. The molecule has 26 heavy (non-hydrogen) atoms. The predicted octanol–water partition coefficient (Wildman–Crippen LogP) is 2.91. The normalized spacial score (nSPS) is 11.1. The molecule has 0 unspecified atom stereocenters. The third kappa shape index (κ3) is 3.39. The number of aromatic nitrogens is 3. The minimum Gasteiger partial charge on any atom is -0.383 e. The molecule has 0 aliphatic heterocycles. The number of pyridine rings is 1. The fourth-order valence-electron chi connectivity index (χ4n) is 2.62. The van der Waals surface area contributed by atoms with Gasteiger partial charge in [0.05, 0.1) is 35.9 Å². The number of methoxy groups -OCH3 is 1. The van der Waals surface area contributed by atoms with Crippen molar-refractivity contribution in [3.05, 3.63) is 57.2 Å². The van der Waals surface area contributed by atoms with E-state index < -0.39 is 0 Å². The molecule has 0 bridgehead atoms. The summed E-state index contributed by atoms with van der Waals surface area (Å²) in [6, 6.07) is 6.75. The number of hydrogen-bond acceptors (Lipinski definition) is 6. The lowest BCUT2D eigenvalue weighted by atomic mass is 10.1. The van der Waals surface area contributed by atoms with Crippen LogP contribution in [0.2, 0.25) is 10.0 Å². The Balaban J connectivity index is 2.33. The molecule has 0 aliphatic carbocycles. The quantitative estimate of drug-likeness (QED) is 0.598. The molecular formula is C17H16Cl2N4O3. The van der Waals surface area contributed by atoms with Crippen LogP contribution in [0.15, 0.2) is 41.6 Å². The van der Waals surface area contributed by atoms with Crippen LogP contribution in [0.5, 0.6) is 0 Å². The van der Waals surface area contributed by atoms with Crippen LogP contribution in [0.25, 0.3) is 22.2 Å². The van der Waals surface area contributed by atoms with Crippen LogP contribution in [0.3, 0.4) is 0 Å². The van der Waals surface area contributed by atoms with Gasteiger partial charge in [-0.15, -0.1) is 0 Å². The Morgan fingerprint density at radius 3 is 2.62 bits per heavy atom. The Labute approximate surface area is 159 Å². The molecule has 0 aliphatic rings. The molecule has 0 spiro atoms. The number of halogens is 2. The van der Waals surface area contributed by atoms with E-state index in [-0.39, 0.29) is 5.56 Å². The van der Waals surface area contributed by atoms with E-state index in [0.717, 1.165) is 0 Å². The number of nitrogens with zero attached hydrogens (tertiary/aromatic N) is 4. The van der Waals surface area contributed by atoms with Gasteiger partial charge in [0, 0.05) is 24.3 Å². The Bertz CT molecular complexity index is 973. The maximum absolute atomic E-state index is 13.3. The number of hydrogen-bond donors (Lipinski definition) is 0. The lowest BCUT2D eigenvalue weighted by Crippen LogP contribution is -2.44. The van der Waals surface area contributed by atoms with Crippen molar-refractivity contribution >= 4 is 34.2 Å². The number of benzene rings is 1. The van der Waals surface area contributed by atoms with Gasteiger partial charge in [-0.25, -0.2) is 9.97 Å². The molecule has 2 heterocycles. The first kappa shape index (κ1) is 18.6. The van der Waals surface area contributed by atoms with E-state index in [1.165, 1.54) is 23.3 Å². The van der Waals surface area contributed by atoms with E-state index in [2.05, 4.69) is 9.97 Å². The highest BCUT2D eigenvalue weighted by Gasteiger charge is 2.20. The molecule has 0 atom stereocenters. The van der Waals surface area contributed by atoms with E-state index in [0.29, 0.717) is 45.4 Å². The lowest BCUT2D eigenvalue weighted by molar-refractivity contribution is 0.0797. The van der Waals surface area contributed by atoms with E-state index in [1.807, 2.05) is 0 Å². The molecule has 7 nitrogen and oxygen atoms in total. The summed E-state index contributed by atoms with van der Waals surface area (Å²) in [5.74, 6) is 0. The summed E-state index contributed by atoms with van der Waals surface area (Å²) in [7, 11) is 3.03. The molecule has 0 N–H and O–H groups in total. The second-order valence-electron chi connectivity index (χ2n) is 5.32. The largest absolute Gasteiger partial charge is 0.383 e. The second kappa shape index (κ2) is 8.01. The van der Waals surface area contributed by atoms with E-state index in [4.69, 9.17) is 32.8 Å². The van der Waals surface area contributed by atoms with Gasteiger partial charge in [-0.3, -0.25) is 9.63 Å². The van der Waals surface area contributed by atoms with Gasteiger partial charge in [-0.05, 0) is 18.2 Å². The van der Waals surface area contributed by atoms with Crippen molar-refractivity contribution in [3.8, 4) is 11.1 Å². The summed E-state index contributed by atoms with van der Waals surface area (Å²) < 4.78 is 6.41. The lowest BCUT2D eigenvalue weighted by Gasteiger charge is -2.25.